The minimum absolute atomic E-state index is 0.00608. The summed E-state index contributed by atoms with van der Waals surface area (Å²) >= 11 is 0. The Kier molecular flexibility index (Phi) is 17.0. The van der Waals surface area contributed by atoms with E-state index in [1.807, 2.05) is 18.2 Å². The fraction of sp³-hybridized carbons (Fsp3) is 0.652. The number of nitrogens with one attached hydrogen (secondary N) is 1. The maximum atomic E-state index is 11.8. The molecule has 0 spiro atoms. The van der Waals surface area contributed by atoms with E-state index in [1.54, 1.807) is 27.8 Å². The van der Waals surface area contributed by atoms with Crippen LogP contribution in [0.3, 0.4) is 0 Å². The number of hydrogen-bond acceptors (Lipinski definition) is 12. The van der Waals surface area contributed by atoms with Crippen molar-refractivity contribution in [2.24, 2.45) is 0 Å². The van der Waals surface area contributed by atoms with E-state index in [4.69, 9.17) is 23.8 Å². The van der Waals surface area contributed by atoms with Crippen LogP contribution in [0.4, 0.5) is 0 Å². The Balaban J connectivity index is 1.26. The smallest absolute Gasteiger partial charge is 0.334 e. The number of ether oxygens (including phenoxy) is 4. The van der Waals surface area contributed by atoms with Gasteiger partial charge in [-0.2, -0.15) is 0 Å². The van der Waals surface area contributed by atoms with Crippen molar-refractivity contribution in [3.05, 3.63) is 24.4 Å². The van der Waals surface area contributed by atoms with Crippen LogP contribution in [0.2, 0.25) is 0 Å². The fourth-order valence-electron chi connectivity index (χ4n) is 2.81. The van der Waals surface area contributed by atoms with Gasteiger partial charge in [0.1, 0.15) is 5.03 Å². The van der Waals surface area contributed by atoms with Crippen LogP contribution in [0, 0.1) is 0 Å². The van der Waals surface area contributed by atoms with Gasteiger partial charge in [-0.05, 0) is 22.9 Å². The minimum atomic E-state index is -1.07. The molecule has 0 bridgehead atoms. The molecule has 1 unspecified atom stereocenters. The van der Waals surface area contributed by atoms with Gasteiger partial charge in [0.15, 0.2) is 6.23 Å². The van der Waals surface area contributed by atoms with Gasteiger partial charge in [0, 0.05) is 37.8 Å². The molecule has 1 aliphatic rings. The molecule has 1 aromatic heterocycles. The average molecular weight is 562 g/mol. The van der Waals surface area contributed by atoms with Crippen molar-refractivity contribution in [2.45, 2.75) is 36.9 Å². The minimum Gasteiger partial charge on any atom is -0.378 e. The topological polar surface area (TPSA) is 146 Å². The summed E-state index contributed by atoms with van der Waals surface area (Å²) in [6.07, 6.45) is 1.49. The molecule has 14 heteroatoms. The molecule has 0 saturated carbocycles. The van der Waals surface area contributed by atoms with E-state index in [-0.39, 0.29) is 31.8 Å². The quantitative estimate of drug-likeness (QED) is 0.164. The lowest BCUT2D eigenvalue weighted by Gasteiger charge is -2.18. The Morgan fingerprint density at radius 1 is 1.00 bits per heavy atom. The highest BCUT2D eigenvalue weighted by molar-refractivity contribution is 8.76. The number of pyridine rings is 1. The zero-order valence-corrected chi connectivity index (χ0v) is 22.3. The van der Waals surface area contributed by atoms with Crippen LogP contribution < -0.4 is 5.32 Å². The van der Waals surface area contributed by atoms with Crippen molar-refractivity contribution in [1.82, 2.24) is 15.4 Å². The van der Waals surface area contributed by atoms with Crippen LogP contribution in [0.1, 0.15) is 25.7 Å². The van der Waals surface area contributed by atoms with E-state index >= 15 is 0 Å². The van der Waals surface area contributed by atoms with E-state index in [1.165, 1.54) is 0 Å². The molecule has 2 heterocycles. The van der Waals surface area contributed by atoms with Crippen LogP contribution in [-0.4, -0.2) is 104 Å². The van der Waals surface area contributed by atoms with Gasteiger partial charge in [-0.1, -0.05) is 16.9 Å². The van der Waals surface area contributed by atoms with Gasteiger partial charge in [-0.3, -0.25) is 9.59 Å². The summed E-state index contributed by atoms with van der Waals surface area (Å²) in [7, 11) is 3.15. The molecule has 1 aliphatic heterocycles. The maximum absolute atomic E-state index is 11.8. The molecule has 12 nitrogen and oxygen atoms in total. The number of rotatable bonds is 21. The molecule has 208 valence electrons. The number of amides is 2. The number of hydrogen-bond donors (Lipinski definition) is 2. The van der Waals surface area contributed by atoms with E-state index in [2.05, 4.69) is 10.3 Å². The standard InChI is InChI=1S/C23H35N3O9S2/c27-19(7-18-36-37-20-3-1-2-8-25-20)24-9-11-32-13-15-34-17-16-33-14-12-31-10-6-23(30)35-26-21(28)4-5-22(26)29/h1-3,8,21,28H,4-7,9-18H2,(H,24,27). The lowest BCUT2D eigenvalue weighted by Crippen LogP contribution is -2.35. The summed E-state index contributed by atoms with van der Waals surface area (Å²) in [6, 6.07) is 5.73. The molecule has 1 atom stereocenters. The van der Waals surface area contributed by atoms with Crippen molar-refractivity contribution in [3.63, 3.8) is 0 Å². The van der Waals surface area contributed by atoms with Crippen molar-refractivity contribution >= 4 is 39.4 Å². The molecular weight excluding hydrogens is 526 g/mol. The number of aromatic nitrogens is 1. The number of nitrogens with zero attached hydrogens (tertiary/aromatic N) is 2. The predicted molar refractivity (Wildman–Crippen MR) is 136 cm³/mol. The van der Waals surface area contributed by atoms with Gasteiger partial charge in [0.2, 0.25) is 5.91 Å². The number of aliphatic hydroxyl groups excluding tert-OH is 1. The molecule has 2 N–H and O–H groups in total. The highest BCUT2D eigenvalue weighted by atomic mass is 33.1. The van der Waals surface area contributed by atoms with E-state index < -0.39 is 18.1 Å². The van der Waals surface area contributed by atoms with E-state index in [0.717, 1.165) is 5.03 Å². The predicted octanol–water partition coefficient (Wildman–Crippen LogP) is 1.18. The zero-order valence-electron chi connectivity index (χ0n) is 20.7. The van der Waals surface area contributed by atoms with Crippen molar-refractivity contribution in [1.29, 1.82) is 0 Å². The Labute approximate surface area is 224 Å². The molecule has 2 amide bonds. The third-order valence-corrected chi connectivity index (χ3v) is 6.93. The molecule has 1 fully saturated rings. The van der Waals surface area contributed by atoms with Crippen LogP contribution in [0.25, 0.3) is 0 Å². The first-order valence-corrected chi connectivity index (χ1v) is 14.4. The highest BCUT2D eigenvalue weighted by Crippen LogP contribution is 2.29. The first kappa shape index (κ1) is 31.3. The summed E-state index contributed by atoms with van der Waals surface area (Å²) < 4.78 is 21.5. The molecular formula is C23H35N3O9S2. The van der Waals surface area contributed by atoms with Crippen LogP contribution in [0.15, 0.2) is 29.4 Å². The van der Waals surface area contributed by atoms with Crippen LogP contribution in [-0.2, 0) is 38.2 Å². The third-order valence-electron chi connectivity index (χ3n) is 4.66. The number of carbonyl (C=O) groups is 3. The largest absolute Gasteiger partial charge is 0.378 e. The monoisotopic (exact) mass is 561 g/mol. The second-order valence-corrected chi connectivity index (χ2v) is 10.0. The Hall–Kier alpha value is -1.94. The van der Waals surface area contributed by atoms with Gasteiger partial charge >= 0.3 is 5.97 Å². The van der Waals surface area contributed by atoms with Crippen molar-refractivity contribution in [3.8, 4) is 0 Å². The molecule has 0 aliphatic carbocycles. The molecule has 2 rings (SSSR count). The molecule has 1 aromatic rings. The SMILES string of the molecule is O=C(CCSSc1ccccn1)NCCOCCOCCOCCOCCC(=O)ON1C(=O)CCC1O. The molecule has 0 aromatic carbocycles. The van der Waals surface area contributed by atoms with Crippen LogP contribution >= 0.6 is 21.6 Å². The van der Waals surface area contributed by atoms with Gasteiger partial charge in [-0.15, -0.1) is 5.06 Å². The van der Waals surface area contributed by atoms with E-state index in [0.29, 0.717) is 70.0 Å². The lowest BCUT2D eigenvalue weighted by molar-refractivity contribution is -0.221. The molecule has 0 radical (unpaired) electrons. The third kappa shape index (κ3) is 15.2. The van der Waals surface area contributed by atoms with Gasteiger partial charge in [0.25, 0.3) is 5.91 Å². The summed E-state index contributed by atoms with van der Waals surface area (Å²) in [5.74, 6) is -0.350. The number of carbonyl (C=O) groups excluding carboxylic acids is 3. The lowest BCUT2D eigenvalue weighted by atomic mass is 10.4. The van der Waals surface area contributed by atoms with Gasteiger partial charge < -0.3 is 34.2 Å². The van der Waals surface area contributed by atoms with Crippen molar-refractivity contribution < 1.29 is 43.3 Å². The fourth-order valence-corrected chi connectivity index (χ4v) is 4.68. The Morgan fingerprint density at radius 3 is 2.30 bits per heavy atom. The number of hydroxylamine groups is 2. The second kappa shape index (κ2) is 20.1. The normalized spacial score (nSPS) is 15.2. The second-order valence-electron chi connectivity index (χ2n) is 7.57. The molecule has 37 heavy (non-hydrogen) atoms. The van der Waals surface area contributed by atoms with Gasteiger partial charge in [-0.25, -0.2) is 9.78 Å². The van der Waals surface area contributed by atoms with Crippen LogP contribution in [0.5, 0.6) is 0 Å². The summed E-state index contributed by atoms with van der Waals surface area (Å²) in [5, 5.41) is 14.0. The summed E-state index contributed by atoms with van der Waals surface area (Å²) in [6.45, 7) is 3.29. The average Bonchev–Trinajstić information content (AvgIpc) is 3.21. The Bertz CT molecular complexity index is 792. The van der Waals surface area contributed by atoms with E-state index in [9.17, 15) is 19.5 Å². The Morgan fingerprint density at radius 2 is 1.68 bits per heavy atom. The maximum Gasteiger partial charge on any atom is 0.334 e. The zero-order chi connectivity index (χ0) is 26.6. The highest BCUT2D eigenvalue weighted by Gasteiger charge is 2.32. The van der Waals surface area contributed by atoms with Crippen molar-refractivity contribution in [2.75, 3.05) is 65.2 Å². The van der Waals surface area contributed by atoms with Gasteiger partial charge in [0.05, 0.1) is 59.3 Å². The summed E-state index contributed by atoms with van der Waals surface area (Å²) in [4.78, 5) is 43.9. The first-order chi connectivity index (χ1) is 18.1. The molecule has 1 saturated heterocycles. The summed E-state index contributed by atoms with van der Waals surface area (Å²) in [5.41, 5.74) is 0. The number of aliphatic hydroxyl groups is 1. The first-order valence-electron chi connectivity index (χ1n) is 12.1.